The summed E-state index contributed by atoms with van der Waals surface area (Å²) in [6.45, 7) is 1.45. The SMILES string of the molecule is CC(=O)Nc1ccc(C(=O)/C=C\c2ccccc2)cc1. The minimum atomic E-state index is -0.131. The van der Waals surface area contributed by atoms with Crippen LogP contribution >= 0.6 is 0 Å². The average Bonchev–Trinajstić information content (AvgIpc) is 2.46. The van der Waals surface area contributed by atoms with Gasteiger partial charge in [-0.2, -0.15) is 0 Å². The molecule has 0 spiro atoms. The fraction of sp³-hybridized carbons (Fsp3) is 0.0588. The molecule has 1 amide bonds. The normalized spacial score (nSPS) is 10.4. The van der Waals surface area contributed by atoms with Crippen LogP contribution in [0.5, 0.6) is 0 Å². The molecule has 2 aromatic rings. The summed E-state index contributed by atoms with van der Waals surface area (Å²) in [7, 11) is 0. The van der Waals surface area contributed by atoms with Gasteiger partial charge in [0.25, 0.3) is 0 Å². The van der Waals surface area contributed by atoms with E-state index in [1.54, 1.807) is 36.4 Å². The van der Waals surface area contributed by atoms with Crippen molar-refractivity contribution < 1.29 is 9.59 Å². The molecule has 0 aromatic heterocycles. The number of nitrogens with one attached hydrogen (secondary N) is 1. The van der Waals surface area contributed by atoms with Gasteiger partial charge in [-0.1, -0.05) is 36.4 Å². The summed E-state index contributed by atoms with van der Waals surface area (Å²) in [6.07, 6.45) is 3.33. The number of anilines is 1. The number of ketones is 1. The van der Waals surface area contributed by atoms with Gasteiger partial charge in [-0.15, -0.1) is 0 Å². The second-order valence-corrected chi connectivity index (χ2v) is 4.37. The van der Waals surface area contributed by atoms with Crippen molar-refractivity contribution in [1.29, 1.82) is 0 Å². The van der Waals surface area contributed by atoms with Crippen LogP contribution in [-0.2, 0) is 4.79 Å². The lowest BCUT2D eigenvalue weighted by molar-refractivity contribution is -0.114. The Kier molecular flexibility index (Phi) is 4.45. The summed E-state index contributed by atoms with van der Waals surface area (Å²) in [4.78, 5) is 22.9. The zero-order chi connectivity index (χ0) is 14.4. The van der Waals surface area contributed by atoms with Crippen LogP contribution in [0.4, 0.5) is 5.69 Å². The van der Waals surface area contributed by atoms with E-state index in [4.69, 9.17) is 0 Å². The molecule has 0 unspecified atom stereocenters. The average molecular weight is 265 g/mol. The summed E-state index contributed by atoms with van der Waals surface area (Å²) >= 11 is 0. The van der Waals surface area contributed by atoms with E-state index in [0.717, 1.165) is 5.56 Å². The molecular weight excluding hydrogens is 250 g/mol. The van der Waals surface area contributed by atoms with Gasteiger partial charge in [-0.3, -0.25) is 9.59 Å². The summed E-state index contributed by atoms with van der Waals surface area (Å²) in [5.74, 6) is -0.198. The van der Waals surface area contributed by atoms with Gasteiger partial charge in [0.1, 0.15) is 0 Å². The maximum atomic E-state index is 12.0. The predicted molar refractivity (Wildman–Crippen MR) is 80.6 cm³/mol. The molecule has 0 radical (unpaired) electrons. The number of amides is 1. The van der Waals surface area contributed by atoms with Gasteiger partial charge in [0.15, 0.2) is 5.78 Å². The summed E-state index contributed by atoms with van der Waals surface area (Å²) < 4.78 is 0. The van der Waals surface area contributed by atoms with Crippen LogP contribution in [0, 0.1) is 0 Å². The number of allylic oxidation sites excluding steroid dienone is 1. The third kappa shape index (κ3) is 3.92. The first kappa shape index (κ1) is 13.7. The van der Waals surface area contributed by atoms with Crippen molar-refractivity contribution in [3.8, 4) is 0 Å². The van der Waals surface area contributed by atoms with Gasteiger partial charge in [0.2, 0.25) is 5.91 Å². The molecule has 0 aliphatic rings. The third-order valence-corrected chi connectivity index (χ3v) is 2.72. The Morgan fingerprint density at radius 3 is 2.20 bits per heavy atom. The van der Waals surface area contributed by atoms with Gasteiger partial charge in [0.05, 0.1) is 0 Å². The van der Waals surface area contributed by atoms with E-state index >= 15 is 0 Å². The van der Waals surface area contributed by atoms with Crippen molar-refractivity contribution in [3.63, 3.8) is 0 Å². The first-order valence-corrected chi connectivity index (χ1v) is 6.30. The van der Waals surface area contributed by atoms with E-state index in [1.807, 2.05) is 30.3 Å². The maximum Gasteiger partial charge on any atom is 0.221 e. The minimum Gasteiger partial charge on any atom is -0.326 e. The van der Waals surface area contributed by atoms with Crippen molar-refractivity contribution in [2.24, 2.45) is 0 Å². The second kappa shape index (κ2) is 6.48. The first-order valence-electron chi connectivity index (χ1n) is 6.30. The molecule has 0 saturated carbocycles. The van der Waals surface area contributed by atoms with Crippen molar-refractivity contribution >= 4 is 23.5 Å². The van der Waals surface area contributed by atoms with E-state index in [2.05, 4.69) is 5.32 Å². The minimum absolute atomic E-state index is 0.0665. The van der Waals surface area contributed by atoms with Crippen LogP contribution in [0.15, 0.2) is 60.7 Å². The van der Waals surface area contributed by atoms with Crippen molar-refractivity contribution in [1.82, 2.24) is 0 Å². The highest BCUT2D eigenvalue weighted by molar-refractivity contribution is 6.07. The van der Waals surface area contributed by atoms with Crippen LogP contribution in [0.1, 0.15) is 22.8 Å². The zero-order valence-corrected chi connectivity index (χ0v) is 11.2. The fourth-order valence-corrected chi connectivity index (χ4v) is 1.75. The van der Waals surface area contributed by atoms with E-state index < -0.39 is 0 Å². The van der Waals surface area contributed by atoms with Crippen LogP contribution in [0.2, 0.25) is 0 Å². The highest BCUT2D eigenvalue weighted by Gasteiger charge is 2.02. The molecule has 0 aliphatic carbocycles. The van der Waals surface area contributed by atoms with E-state index in [1.165, 1.54) is 6.92 Å². The molecule has 1 N–H and O–H groups in total. The van der Waals surface area contributed by atoms with E-state index in [9.17, 15) is 9.59 Å². The Labute approximate surface area is 117 Å². The second-order valence-electron chi connectivity index (χ2n) is 4.37. The molecule has 0 saturated heterocycles. The van der Waals surface area contributed by atoms with Crippen molar-refractivity contribution in [2.45, 2.75) is 6.92 Å². The van der Waals surface area contributed by atoms with Crippen LogP contribution in [0.25, 0.3) is 6.08 Å². The largest absolute Gasteiger partial charge is 0.326 e. The molecule has 2 rings (SSSR count). The Morgan fingerprint density at radius 2 is 1.60 bits per heavy atom. The van der Waals surface area contributed by atoms with Crippen LogP contribution in [-0.4, -0.2) is 11.7 Å². The molecule has 0 fully saturated rings. The molecule has 0 bridgehead atoms. The third-order valence-electron chi connectivity index (χ3n) is 2.72. The van der Waals surface area contributed by atoms with Gasteiger partial charge >= 0.3 is 0 Å². The Bertz CT molecular complexity index is 628. The van der Waals surface area contributed by atoms with Gasteiger partial charge in [0, 0.05) is 18.2 Å². The molecule has 0 atom stereocenters. The molecular formula is C17H15NO2. The lowest BCUT2D eigenvalue weighted by atomic mass is 10.1. The number of hydrogen-bond acceptors (Lipinski definition) is 2. The zero-order valence-electron chi connectivity index (χ0n) is 11.2. The molecule has 2 aromatic carbocycles. The molecule has 0 aliphatic heterocycles. The first-order chi connectivity index (χ1) is 9.65. The lowest BCUT2D eigenvalue weighted by Gasteiger charge is -2.02. The van der Waals surface area contributed by atoms with Gasteiger partial charge < -0.3 is 5.32 Å². The topological polar surface area (TPSA) is 46.2 Å². The fourth-order valence-electron chi connectivity index (χ4n) is 1.75. The van der Waals surface area contributed by atoms with Crippen LogP contribution < -0.4 is 5.32 Å². The van der Waals surface area contributed by atoms with Crippen molar-refractivity contribution in [3.05, 3.63) is 71.8 Å². The number of carbonyl (C=O) groups is 2. The highest BCUT2D eigenvalue weighted by Crippen LogP contribution is 2.11. The molecule has 3 heteroatoms. The number of hydrogen-bond donors (Lipinski definition) is 1. The maximum absolute atomic E-state index is 12.0. The molecule has 20 heavy (non-hydrogen) atoms. The quantitative estimate of drug-likeness (QED) is 0.679. The smallest absolute Gasteiger partial charge is 0.221 e. The predicted octanol–water partition coefficient (Wildman–Crippen LogP) is 3.54. The number of rotatable bonds is 4. The Hall–Kier alpha value is -2.68. The van der Waals surface area contributed by atoms with Crippen LogP contribution in [0.3, 0.4) is 0 Å². The van der Waals surface area contributed by atoms with Crippen molar-refractivity contribution in [2.75, 3.05) is 5.32 Å². The highest BCUT2D eigenvalue weighted by atomic mass is 16.1. The molecule has 0 heterocycles. The van der Waals surface area contributed by atoms with E-state index in [0.29, 0.717) is 11.3 Å². The summed E-state index contributed by atoms with van der Waals surface area (Å²) in [5, 5.41) is 2.66. The standard InChI is InChI=1S/C17H15NO2/c1-13(19)18-16-10-8-15(9-11-16)17(20)12-7-14-5-3-2-4-6-14/h2-12H,1H3,(H,18,19)/b12-7-. The Morgan fingerprint density at radius 1 is 0.950 bits per heavy atom. The number of carbonyl (C=O) groups excluding carboxylic acids is 2. The lowest BCUT2D eigenvalue weighted by Crippen LogP contribution is -2.05. The van der Waals surface area contributed by atoms with Gasteiger partial charge in [-0.05, 0) is 35.9 Å². The summed E-state index contributed by atoms with van der Waals surface area (Å²) in [5.41, 5.74) is 2.25. The van der Waals surface area contributed by atoms with Gasteiger partial charge in [-0.25, -0.2) is 0 Å². The Balaban J connectivity index is 2.06. The molecule has 100 valence electrons. The number of benzene rings is 2. The van der Waals surface area contributed by atoms with E-state index in [-0.39, 0.29) is 11.7 Å². The molecule has 3 nitrogen and oxygen atoms in total. The monoisotopic (exact) mass is 265 g/mol. The summed E-state index contributed by atoms with van der Waals surface area (Å²) in [6, 6.07) is 16.5.